The first-order valence-corrected chi connectivity index (χ1v) is 9.75. The average Bonchev–Trinajstić information content (AvgIpc) is 3.17. The number of rotatable bonds is 6. The molecule has 1 aliphatic rings. The van der Waals surface area contributed by atoms with Crippen LogP contribution in [0.2, 0.25) is 0 Å². The summed E-state index contributed by atoms with van der Waals surface area (Å²) in [6, 6.07) is 11.8. The molecule has 1 aromatic heterocycles. The Morgan fingerprint density at radius 3 is 2.60 bits per heavy atom. The minimum absolute atomic E-state index is 0.0328. The quantitative estimate of drug-likeness (QED) is 0.850. The number of piperidine rings is 1. The van der Waals surface area contributed by atoms with Crippen molar-refractivity contribution in [1.29, 1.82) is 0 Å². The molecule has 1 aliphatic heterocycles. The normalized spacial score (nSPS) is 17.2. The highest BCUT2D eigenvalue weighted by Gasteiger charge is 2.25. The summed E-state index contributed by atoms with van der Waals surface area (Å²) in [7, 11) is 1.63. The second-order valence-corrected chi connectivity index (χ2v) is 7.67. The fraction of sp³-hybridized carbons (Fsp3) is 0.450. The van der Waals surface area contributed by atoms with E-state index in [9.17, 15) is 4.79 Å². The molecule has 1 amide bonds. The maximum Gasteiger partial charge on any atom is 0.251 e. The van der Waals surface area contributed by atoms with Crippen molar-refractivity contribution in [1.82, 2.24) is 10.2 Å². The van der Waals surface area contributed by atoms with Crippen molar-refractivity contribution < 1.29 is 9.53 Å². The molecule has 1 saturated heterocycles. The summed E-state index contributed by atoms with van der Waals surface area (Å²) in [4.78, 5) is 16.3. The molecule has 1 aromatic carbocycles. The molecule has 1 atom stereocenters. The first-order valence-electron chi connectivity index (χ1n) is 8.87. The van der Waals surface area contributed by atoms with E-state index in [2.05, 4.69) is 34.7 Å². The molecule has 2 aromatic rings. The molecule has 0 radical (unpaired) electrons. The third-order valence-corrected chi connectivity index (χ3v) is 5.91. The monoisotopic (exact) mass is 358 g/mol. The number of ether oxygens (including phenoxy) is 1. The minimum Gasteiger partial charge on any atom is -0.497 e. The molecule has 0 bridgehead atoms. The smallest absolute Gasteiger partial charge is 0.251 e. The number of hydrogen-bond donors (Lipinski definition) is 1. The van der Waals surface area contributed by atoms with Crippen LogP contribution in [-0.4, -0.2) is 37.6 Å². The van der Waals surface area contributed by atoms with E-state index in [-0.39, 0.29) is 11.9 Å². The summed E-state index contributed by atoms with van der Waals surface area (Å²) in [5.41, 5.74) is 0.665. The zero-order valence-corrected chi connectivity index (χ0v) is 15.7. The fourth-order valence-corrected chi connectivity index (χ4v) is 4.13. The molecule has 1 N–H and O–H groups in total. The maximum atomic E-state index is 12.5. The van der Waals surface area contributed by atoms with Crippen LogP contribution >= 0.6 is 11.3 Å². The lowest BCUT2D eigenvalue weighted by Crippen LogP contribution is -2.41. The van der Waals surface area contributed by atoms with Gasteiger partial charge in [-0.25, -0.2) is 0 Å². The molecule has 3 rings (SSSR count). The summed E-state index contributed by atoms with van der Waals surface area (Å²) < 4.78 is 5.15. The van der Waals surface area contributed by atoms with E-state index in [0.717, 1.165) is 24.8 Å². The first-order chi connectivity index (χ1) is 12.2. The van der Waals surface area contributed by atoms with E-state index in [0.29, 0.717) is 12.1 Å². The Balaban J connectivity index is 1.64. The Morgan fingerprint density at radius 1 is 1.28 bits per heavy atom. The van der Waals surface area contributed by atoms with E-state index in [1.807, 2.05) is 12.1 Å². The predicted molar refractivity (Wildman–Crippen MR) is 102 cm³/mol. The molecule has 2 heterocycles. The van der Waals surface area contributed by atoms with Crippen LogP contribution in [0.25, 0.3) is 0 Å². The minimum atomic E-state index is -0.0328. The largest absolute Gasteiger partial charge is 0.497 e. The SMILES string of the molecule is COc1ccc(C(=O)NC[C@H](c2cccs2)N2CCC(C)CC2)cc1. The molecule has 0 unspecified atom stereocenters. The lowest BCUT2D eigenvalue weighted by molar-refractivity contribution is 0.0915. The van der Waals surface area contributed by atoms with Crippen molar-refractivity contribution in [3.8, 4) is 5.75 Å². The Hall–Kier alpha value is -1.85. The van der Waals surface area contributed by atoms with Crippen LogP contribution in [0, 0.1) is 5.92 Å². The number of carbonyl (C=O) groups excluding carboxylic acids is 1. The zero-order chi connectivity index (χ0) is 17.6. The molecular formula is C20H26N2O2S. The van der Waals surface area contributed by atoms with Gasteiger partial charge in [0.25, 0.3) is 5.91 Å². The van der Waals surface area contributed by atoms with Gasteiger partial charge in [-0.15, -0.1) is 11.3 Å². The van der Waals surface area contributed by atoms with Crippen LogP contribution in [0.1, 0.15) is 41.0 Å². The van der Waals surface area contributed by atoms with Crippen LogP contribution in [0.15, 0.2) is 41.8 Å². The molecule has 1 fully saturated rings. The molecule has 0 aliphatic carbocycles. The highest BCUT2D eigenvalue weighted by Crippen LogP contribution is 2.29. The van der Waals surface area contributed by atoms with Gasteiger partial charge in [-0.2, -0.15) is 0 Å². The Labute approximate surface area is 153 Å². The average molecular weight is 359 g/mol. The van der Waals surface area contributed by atoms with Crippen molar-refractivity contribution in [2.75, 3.05) is 26.7 Å². The number of benzene rings is 1. The number of carbonyl (C=O) groups is 1. The maximum absolute atomic E-state index is 12.5. The summed E-state index contributed by atoms with van der Waals surface area (Å²) in [6.07, 6.45) is 2.46. The van der Waals surface area contributed by atoms with Crippen LogP contribution in [0.3, 0.4) is 0 Å². The van der Waals surface area contributed by atoms with Crippen molar-refractivity contribution >= 4 is 17.2 Å². The van der Waals surface area contributed by atoms with E-state index >= 15 is 0 Å². The highest BCUT2D eigenvalue weighted by molar-refractivity contribution is 7.10. The second kappa shape index (κ2) is 8.50. The van der Waals surface area contributed by atoms with Gasteiger partial charge in [0.05, 0.1) is 13.2 Å². The van der Waals surface area contributed by atoms with E-state index < -0.39 is 0 Å². The van der Waals surface area contributed by atoms with Gasteiger partial charge in [0, 0.05) is 17.0 Å². The molecule has 25 heavy (non-hydrogen) atoms. The second-order valence-electron chi connectivity index (χ2n) is 6.69. The molecular weight excluding hydrogens is 332 g/mol. The first kappa shape index (κ1) is 18.0. The Morgan fingerprint density at radius 2 is 2.00 bits per heavy atom. The van der Waals surface area contributed by atoms with Crippen molar-refractivity contribution in [2.45, 2.75) is 25.8 Å². The predicted octanol–water partition coefficient (Wildman–Crippen LogP) is 3.96. The lowest BCUT2D eigenvalue weighted by atomic mass is 9.97. The highest BCUT2D eigenvalue weighted by atomic mass is 32.1. The third-order valence-electron chi connectivity index (χ3n) is 4.94. The van der Waals surface area contributed by atoms with Gasteiger partial charge in [0.15, 0.2) is 0 Å². The number of amides is 1. The lowest BCUT2D eigenvalue weighted by Gasteiger charge is -2.36. The van der Waals surface area contributed by atoms with Gasteiger partial charge < -0.3 is 10.1 Å². The van der Waals surface area contributed by atoms with Crippen LogP contribution < -0.4 is 10.1 Å². The third kappa shape index (κ3) is 4.61. The number of likely N-dealkylation sites (tertiary alicyclic amines) is 1. The van der Waals surface area contributed by atoms with Crippen molar-refractivity contribution in [3.05, 3.63) is 52.2 Å². The molecule has 5 heteroatoms. The number of thiophene rings is 1. The van der Waals surface area contributed by atoms with Gasteiger partial charge in [0.1, 0.15) is 5.75 Å². The van der Waals surface area contributed by atoms with Crippen molar-refractivity contribution in [3.63, 3.8) is 0 Å². The molecule has 134 valence electrons. The Bertz CT molecular complexity index is 662. The topological polar surface area (TPSA) is 41.6 Å². The standard InChI is InChI=1S/C20H26N2O2S/c1-15-9-11-22(12-10-15)18(19-4-3-13-25-19)14-21-20(23)16-5-7-17(24-2)8-6-16/h3-8,13,15,18H,9-12,14H2,1-2H3,(H,21,23)/t18-/m1/s1. The van der Waals surface area contributed by atoms with Gasteiger partial charge in [-0.3, -0.25) is 9.69 Å². The summed E-state index contributed by atoms with van der Waals surface area (Å²) in [5, 5.41) is 5.23. The fourth-order valence-electron chi connectivity index (χ4n) is 3.26. The van der Waals surface area contributed by atoms with E-state index in [4.69, 9.17) is 4.74 Å². The van der Waals surface area contributed by atoms with Crippen molar-refractivity contribution in [2.24, 2.45) is 5.92 Å². The molecule has 0 saturated carbocycles. The molecule has 0 spiro atoms. The number of methoxy groups -OCH3 is 1. The van der Waals surface area contributed by atoms with Crippen LogP contribution in [-0.2, 0) is 0 Å². The molecule has 4 nitrogen and oxygen atoms in total. The van der Waals surface area contributed by atoms with E-state index in [1.165, 1.54) is 17.7 Å². The number of nitrogens with zero attached hydrogens (tertiary/aromatic N) is 1. The summed E-state index contributed by atoms with van der Waals surface area (Å²) >= 11 is 1.77. The van der Waals surface area contributed by atoms with Gasteiger partial charge >= 0.3 is 0 Å². The van der Waals surface area contributed by atoms with Gasteiger partial charge in [-0.1, -0.05) is 13.0 Å². The van der Waals surface area contributed by atoms with E-state index in [1.54, 1.807) is 30.6 Å². The van der Waals surface area contributed by atoms with Gasteiger partial charge in [0.2, 0.25) is 0 Å². The summed E-state index contributed by atoms with van der Waals surface area (Å²) in [6.45, 7) is 5.16. The number of nitrogens with one attached hydrogen (secondary N) is 1. The summed E-state index contributed by atoms with van der Waals surface area (Å²) in [5.74, 6) is 1.53. The zero-order valence-electron chi connectivity index (χ0n) is 14.9. The van der Waals surface area contributed by atoms with Gasteiger partial charge in [-0.05, 0) is 67.6 Å². The Kier molecular flexibility index (Phi) is 6.10. The number of hydrogen-bond acceptors (Lipinski definition) is 4. The van der Waals surface area contributed by atoms with Crippen LogP contribution in [0.5, 0.6) is 5.75 Å². The van der Waals surface area contributed by atoms with Crippen LogP contribution in [0.4, 0.5) is 0 Å².